The van der Waals surface area contributed by atoms with E-state index in [1.54, 1.807) is 14.2 Å². The highest BCUT2D eigenvalue weighted by Gasteiger charge is 2.37. The number of hydrogen-bond donors (Lipinski definition) is 0. The van der Waals surface area contributed by atoms with Crippen LogP contribution in [0, 0.1) is 0 Å². The van der Waals surface area contributed by atoms with Gasteiger partial charge in [0.05, 0.1) is 0 Å². The minimum Gasteiger partial charge on any atom is -0.394 e. The average molecular weight is 364 g/mol. The highest BCUT2D eigenvalue weighted by atomic mass is 28.4. The average Bonchev–Trinajstić information content (AvgIpc) is 2.67. The molecular formula is C21H37NO2Si. The van der Waals surface area contributed by atoms with Crippen LogP contribution in [0.1, 0.15) is 51.5 Å². The summed E-state index contributed by atoms with van der Waals surface area (Å²) in [6.45, 7) is 11.9. The van der Waals surface area contributed by atoms with Gasteiger partial charge in [0.1, 0.15) is 0 Å². The van der Waals surface area contributed by atoms with Gasteiger partial charge in [-0.1, -0.05) is 63.6 Å². The second-order valence-electron chi connectivity index (χ2n) is 6.64. The van der Waals surface area contributed by atoms with Crippen LogP contribution in [0.5, 0.6) is 0 Å². The molecule has 0 fully saturated rings. The van der Waals surface area contributed by atoms with Crippen LogP contribution in [0.4, 0.5) is 0 Å². The minimum absolute atomic E-state index is 0.988. The number of rotatable bonds is 14. The van der Waals surface area contributed by atoms with Gasteiger partial charge >= 0.3 is 8.56 Å². The molecule has 1 aromatic carbocycles. The van der Waals surface area contributed by atoms with E-state index in [1.807, 2.05) is 6.08 Å². The van der Waals surface area contributed by atoms with E-state index in [0.717, 1.165) is 24.6 Å². The zero-order valence-electron chi connectivity index (χ0n) is 16.7. The van der Waals surface area contributed by atoms with E-state index in [2.05, 4.69) is 49.6 Å². The van der Waals surface area contributed by atoms with E-state index < -0.39 is 8.56 Å². The quantitative estimate of drug-likeness (QED) is 0.452. The third-order valence-electron chi connectivity index (χ3n) is 4.88. The monoisotopic (exact) mass is 363 g/mol. The fraction of sp³-hybridized carbons (Fsp3) is 0.619. The lowest BCUT2D eigenvalue weighted by Crippen LogP contribution is -2.52. The van der Waals surface area contributed by atoms with E-state index in [1.165, 1.54) is 44.0 Å². The van der Waals surface area contributed by atoms with Crippen molar-refractivity contribution in [2.75, 3.05) is 33.9 Å². The maximum Gasteiger partial charge on any atom is 0.372 e. The van der Waals surface area contributed by atoms with E-state index in [9.17, 15) is 0 Å². The Kier molecular flexibility index (Phi) is 11.0. The second kappa shape index (κ2) is 12.4. The van der Waals surface area contributed by atoms with Gasteiger partial charge in [0, 0.05) is 14.2 Å². The third kappa shape index (κ3) is 7.06. The molecule has 0 saturated carbocycles. The Hall–Kier alpha value is -0.943. The molecule has 0 amide bonds. The van der Waals surface area contributed by atoms with Crippen LogP contribution in [-0.2, 0) is 8.85 Å². The Balaban J connectivity index is 2.70. The molecule has 0 spiro atoms. The fourth-order valence-corrected chi connectivity index (χ4v) is 5.81. The van der Waals surface area contributed by atoms with Gasteiger partial charge in [-0.25, -0.2) is 0 Å². The maximum atomic E-state index is 5.96. The molecular weight excluding hydrogens is 326 g/mol. The molecule has 0 radical (unpaired) electrons. The van der Waals surface area contributed by atoms with Crippen LogP contribution < -0.4 is 5.19 Å². The van der Waals surface area contributed by atoms with E-state index in [4.69, 9.17) is 8.85 Å². The maximum absolute atomic E-state index is 5.96. The first-order chi connectivity index (χ1) is 12.2. The first-order valence-electron chi connectivity index (χ1n) is 9.71. The van der Waals surface area contributed by atoms with Crippen LogP contribution in [0.3, 0.4) is 0 Å². The molecule has 1 rings (SSSR count). The lowest BCUT2D eigenvalue weighted by Gasteiger charge is -2.29. The second-order valence-corrected chi connectivity index (χ2v) is 10.0. The standard InChI is InChI=1S/C21H37NO2Si/c1-6-9-16-22(17-10-7-2)18-11-19-25(23-4,24-5)21-14-12-20(8-3)13-15-21/h8,12-15H,3,6-7,9-11,16-19H2,1-2,4-5H3. The molecule has 0 unspecified atom stereocenters. The predicted molar refractivity (Wildman–Crippen MR) is 112 cm³/mol. The van der Waals surface area contributed by atoms with Crippen molar-refractivity contribution in [3.8, 4) is 0 Å². The molecule has 0 bridgehead atoms. The number of benzene rings is 1. The van der Waals surface area contributed by atoms with Crippen molar-refractivity contribution in [3.05, 3.63) is 36.4 Å². The van der Waals surface area contributed by atoms with Crippen molar-refractivity contribution >= 4 is 19.8 Å². The highest BCUT2D eigenvalue weighted by molar-refractivity contribution is 6.81. The molecule has 0 aliphatic heterocycles. The van der Waals surface area contributed by atoms with Gasteiger partial charge < -0.3 is 13.8 Å². The summed E-state index contributed by atoms with van der Waals surface area (Å²) in [4.78, 5) is 2.61. The Bertz CT molecular complexity index is 463. The van der Waals surface area contributed by atoms with Gasteiger partial charge in [-0.2, -0.15) is 0 Å². The molecule has 0 heterocycles. The fourth-order valence-electron chi connectivity index (χ4n) is 3.17. The number of hydrogen-bond acceptors (Lipinski definition) is 3. The predicted octanol–water partition coefficient (Wildman–Crippen LogP) is 4.56. The van der Waals surface area contributed by atoms with Crippen LogP contribution in [0.25, 0.3) is 6.08 Å². The van der Waals surface area contributed by atoms with Crippen molar-refractivity contribution in [2.45, 2.75) is 52.0 Å². The molecule has 142 valence electrons. The summed E-state index contributed by atoms with van der Waals surface area (Å²) < 4.78 is 11.9. The molecule has 0 aliphatic carbocycles. The lowest BCUT2D eigenvalue weighted by atomic mass is 10.2. The molecule has 0 N–H and O–H groups in total. The van der Waals surface area contributed by atoms with E-state index in [-0.39, 0.29) is 0 Å². The Morgan fingerprint density at radius 2 is 1.44 bits per heavy atom. The van der Waals surface area contributed by atoms with Gasteiger partial charge in [0.25, 0.3) is 0 Å². The summed E-state index contributed by atoms with van der Waals surface area (Å²) in [6.07, 6.45) is 8.06. The van der Waals surface area contributed by atoms with Crippen LogP contribution in [-0.4, -0.2) is 47.3 Å². The van der Waals surface area contributed by atoms with Crippen molar-refractivity contribution in [2.24, 2.45) is 0 Å². The minimum atomic E-state index is -2.35. The van der Waals surface area contributed by atoms with Crippen molar-refractivity contribution in [3.63, 3.8) is 0 Å². The molecule has 0 aromatic heterocycles. The summed E-state index contributed by atoms with van der Waals surface area (Å²) in [5.41, 5.74) is 1.13. The SMILES string of the molecule is C=Cc1ccc([Si](CCCN(CCCC)CCCC)(OC)OC)cc1. The van der Waals surface area contributed by atoms with E-state index >= 15 is 0 Å². The normalized spacial score (nSPS) is 11.9. The summed E-state index contributed by atoms with van der Waals surface area (Å²) in [5.74, 6) is 0. The van der Waals surface area contributed by atoms with Crippen LogP contribution >= 0.6 is 0 Å². The molecule has 0 saturated heterocycles. The van der Waals surface area contributed by atoms with Gasteiger partial charge in [0.15, 0.2) is 0 Å². The van der Waals surface area contributed by atoms with Gasteiger partial charge in [0.2, 0.25) is 0 Å². The lowest BCUT2D eigenvalue weighted by molar-refractivity contribution is 0.241. The summed E-state index contributed by atoms with van der Waals surface area (Å²) in [7, 11) is 1.24. The molecule has 1 aromatic rings. The topological polar surface area (TPSA) is 21.7 Å². The summed E-state index contributed by atoms with van der Waals surface area (Å²) in [5, 5.41) is 1.21. The molecule has 25 heavy (non-hydrogen) atoms. The highest BCUT2D eigenvalue weighted by Crippen LogP contribution is 2.16. The first kappa shape index (κ1) is 22.1. The Morgan fingerprint density at radius 3 is 1.88 bits per heavy atom. The number of nitrogens with zero attached hydrogens (tertiary/aromatic N) is 1. The summed E-state index contributed by atoms with van der Waals surface area (Å²) >= 11 is 0. The smallest absolute Gasteiger partial charge is 0.372 e. The molecule has 0 aliphatic rings. The largest absolute Gasteiger partial charge is 0.394 e. The Morgan fingerprint density at radius 1 is 0.920 bits per heavy atom. The van der Waals surface area contributed by atoms with Crippen LogP contribution in [0.2, 0.25) is 6.04 Å². The van der Waals surface area contributed by atoms with Gasteiger partial charge in [-0.3, -0.25) is 0 Å². The van der Waals surface area contributed by atoms with Crippen molar-refractivity contribution in [1.29, 1.82) is 0 Å². The first-order valence-corrected chi connectivity index (χ1v) is 11.7. The zero-order valence-corrected chi connectivity index (χ0v) is 17.7. The molecule has 3 nitrogen and oxygen atoms in total. The third-order valence-corrected chi connectivity index (χ3v) is 8.43. The van der Waals surface area contributed by atoms with E-state index in [0.29, 0.717) is 0 Å². The summed E-state index contributed by atoms with van der Waals surface area (Å²) in [6, 6.07) is 9.46. The zero-order chi connectivity index (χ0) is 18.5. The van der Waals surface area contributed by atoms with Crippen molar-refractivity contribution in [1.82, 2.24) is 4.90 Å². The number of unbranched alkanes of at least 4 members (excludes halogenated alkanes) is 2. The Labute approximate surface area is 156 Å². The molecule has 4 heteroatoms. The van der Waals surface area contributed by atoms with Gasteiger partial charge in [-0.05, 0) is 55.7 Å². The van der Waals surface area contributed by atoms with Crippen molar-refractivity contribution < 1.29 is 8.85 Å². The van der Waals surface area contributed by atoms with Crippen LogP contribution in [0.15, 0.2) is 30.8 Å². The molecule has 0 atom stereocenters. The van der Waals surface area contributed by atoms with Gasteiger partial charge in [-0.15, -0.1) is 0 Å².